The summed E-state index contributed by atoms with van der Waals surface area (Å²) in [5, 5.41) is 3.45. The number of pyridine rings is 1. The molecule has 1 N–H and O–H groups in total. The highest BCUT2D eigenvalue weighted by molar-refractivity contribution is 5.68. The van der Waals surface area contributed by atoms with E-state index in [-0.39, 0.29) is 5.82 Å². The number of nitrogens with one attached hydrogen (secondary N) is 1. The Morgan fingerprint density at radius 3 is 2.41 bits per heavy atom. The second-order valence-electron chi connectivity index (χ2n) is 9.21. The Hall–Kier alpha value is -3.12. The maximum atomic E-state index is 13.6. The Balaban J connectivity index is 1.47. The molecule has 0 bridgehead atoms. The number of piperidine rings is 1. The maximum absolute atomic E-state index is 13.6. The van der Waals surface area contributed by atoms with Gasteiger partial charge in [0.15, 0.2) is 11.5 Å². The Morgan fingerprint density at radius 1 is 0.971 bits per heavy atom. The van der Waals surface area contributed by atoms with Crippen LogP contribution in [0, 0.1) is 5.82 Å². The molecule has 6 heteroatoms. The fourth-order valence-electron chi connectivity index (χ4n) is 4.95. The summed E-state index contributed by atoms with van der Waals surface area (Å²) in [6.07, 6.45) is 6.37. The third-order valence-corrected chi connectivity index (χ3v) is 6.91. The molecule has 5 rings (SSSR count). The van der Waals surface area contributed by atoms with Crippen LogP contribution >= 0.6 is 0 Å². The summed E-state index contributed by atoms with van der Waals surface area (Å²) in [6.45, 7) is 2.74. The fourth-order valence-corrected chi connectivity index (χ4v) is 4.95. The molecule has 34 heavy (non-hydrogen) atoms. The number of hydrogen-bond acceptors (Lipinski definition) is 5. The van der Waals surface area contributed by atoms with E-state index in [1.165, 1.54) is 24.0 Å². The third-order valence-electron chi connectivity index (χ3n) is 6.91. The molecule has 178 valence electrons. The van der Waals surface area contributed by atoms with Crippen molar-refractivity contribution in [3.05, 3.63) is 71.7 Å². The van der Waals surface area contributed by atoms with E-state index in [9.17, 15) is 4.39 Å². The van der Waals surface area contributed by atoms with Crippen LogP contribution in [0.4, 0.5) is 10.1 Å². The van der Waals surface area contributed by atoms with Gasteiger partial charge >= 0.3 is 0 Å². The standard InChI is InChI=1S/C28H32FN3O2/c1-33-27-17-21(16-25(20-3-4-20)28(27)34-2)26-15-19(9-14-31-26)18-32(24-10-12-30-13-11-24)23-7-5-22(29)6-8-23/h5-9,14-17,20,24,30H,3-4,10-13,18H2,1-2H3. The first-order valence-electron chi connectivity index (χ1n) is 12.1. The van der Waals surface area contributed by atoms with Gasteiger partial charge in [0.2, 0.25) is 0 Å². The normalized spacial score (nSPS) is 16.3. The van der Waals surface area contributed by atoms with Gasteiger partial charge in [0.1, 0.15) is 5.82 Å². The minimum absolute atomic E-state index is 0.208. The van der Waals surface area contributed by atoms with Crippen LogP contribution in [0.1, 0.15) is 42.7 Å². The molecule has 0 spiro atoms. The van der Waals surface area contributed by atoms with E-state index in [0.29, 0.717) is 12.0 Å². The lowest BCUT2D eigenvalue weighted by atomic mass is 10.00. The largest absolute Gasteiger partial charge is 0.493 e. The molecule has 1 aliphatic heterocycles. The van der Waals surface area contributed by atoms with Crippen molar-refractivity contribution in [1.82, 2.24) is 10.3 Å². The number of nitrogens with zero attached hydrogens (tertiary/aromatic N) is 2. The van der Waals surface area contributed by atoms with Gasteiger partial charge in [-0.3, -0.25) is 4.98 Å². The predicted molar refractivity (Wildman–Crippen MR) is 133 cm³/mol. The van der Waals surface area contributed by atoms with Crippen molar-refractivity contribution in [1.29, 1.82) is 0 Å². The Kier molecular flexibility index (Phi) is 6.68. The molecule has 1 aromatic heterocycles. The number of benzene rings is 2. The number of rotatable bonds is 8. The van der Waals surface area contributed by atoms with Crippen molar-refractivity contribution in [3.63, 3.8) is 0 Å². The number of ether oxygens (including phenoxy) is 2. The average Bonchev–Trinajstić information content (AvgIpc) is 3.73. The number of aromatic nitrogens is 1. The monoisotopic (exact) mass is 461 g/mol. The number of halogens is 1. The van der Waals surface area contributed by atoms with Gasteiger partial charge in [-0.25, -0.2) is 4.39 Å². The van der Waals surface area contributed by atoms with Gasteiger partial charge in [-0.1, -0.05) is 0 Å². The zero-order valence-corrected chi connectivity index (χ0v) is 19.9. The summed E-state index contributed by atoms with van der Waals surface area (Å²) < 4.78 is 25.0. The molecule has 2 aromatic carbocycles. The minimum Gasteiger partial charge on any atom is -0.493 e. The lowest BCUT2D eigenvalue weighted by Gasteiger charge is -2.36. The number of hydrogen-bond donors (Lipinski definition) is 1. The van der Waals surface area contributed by atoms with Crippen LogP contribution in [0.3, 0.4) is 0 Å². The predicted octanol–water partition coefficient (Wildman–Crippen LogP) is 5.54. The summed E-state index contributed by atoms with van der Waals surface area (Å²) in [7, 11) is 3.38. The van der Waals surface area contributed by atoms with E-state index < -0.39 is 0 Å². The van der Waals surface area contributed by atoms with Crippen LogP contribution < -0.4 is 19.7 Å². The molecule has 1 saturated heterocycles. The zero-order valence-electron chi connectivity index (χ0n) is 19.9. The smallest absolute Gasteiger partial charge is 0.164 e. The van der Waals surface area contributed by atoms with Gasteiger partial charge in [0.05, 0.1) is 19.9 Å². The quantitative estimate of drug-likeness (QED) is 0.477. The Labute approximate surface area is 200 Å². The van der Waals surface area contributed by atoms with Crippen LogP contribution in [-0.2, 0) is 6.54 Å². The second-order valence-corrected chi connectivity index (χ2v) is 9.21. The molecule has 0 atom stereocenters. The van der Waals surface area contributed by atoms with Crippen molar-refractivity contribution < 1.29 is 13.9 Å². The summed E-state index contributed by atoms with van der Waals surface area (Å²) in [5.41, 5.74) is 5.39. The van der Waals surface area contributed by atoms with Gasteiger partial charge in [0.25, 0.3) is 0 Å². The minimum atomic E-state index is -0.208. The Morgan fingerprint density at radius 2 is 1.74 bits per heavy atom. The summed E-state index contributed by atoms with van der Waals surface area (Å²) in [5.74, 6) is 1.90. The lowest BCUT2D eigenvalue weighted by Crippen LogP contribution is -2.43. The highest BCUT2D eigenvalue weighted by Crippen LogP contribution is 2.49. The molecule has 0 unspecified atom stereocenters. The van der Waals surface area contributed by atoms with Gasteiger partial charge in [-0.2, -0.15) is 0 Å². The van der Waals surface area contributed by atoms with Gasteiger partial charge in [0, 0.05) is 35.6 Å². The third kappa shape index (κ3) is 4.87. The molecule has 0 amide bonds. The van der Waals surface area contributed by atoms with Crippen LogP contribution in [0.25, 0.3) is 11.3 Å². The topological polar surface area (TPSA) is 46.6 Å². The average molecular weight is 462 g/mol. The number of anilines is 1. The molecule has 1 aliphatic carbocycles. The van der Waals surface area contributed by atoms with E-state index in [1.54, 1.807) is 26.4 Å². The van der Waals surface area contributed by atoms with Crippen LogP contribution in [0.5, 0.6) is 11.5 Å². The summed E-state index contributed by atoms with van der Waals surface area (Å²) in [6, 6.07) is 15.7. The first kappa shape index (κ1) is 22.7. The molecule has 0 radical (unpaired) electrons. The molecule has 2 heterocycles. The van der Waals surface area contributed by atoms with Crippen LogP contribution in [0.15, 0.2) is 54.7 Å². The van der Waals surface area contributed by atoms with Gasteiger partial charge in [-0.15, -0.1) is 0 Å². The highest BCUT2D eigenvalue weighted by atomic mass is 19.1. The van der Waals surface area contributed by atoms with Gasteiger partial charge < -0.3 is 19.7 Å². The van der Waals surface area contributed by atoms with Crippen molar-refractivity contribution in [2.24, 2.45) is 0 Å². The molecule has 2 fully saturated rings. The first-order valence-corrected chi connectivity index (χ1v) is 12.1. The maximum Gasteiger partial charge on any atom is 0.164 e. The van der Waals surface area contributed by atoms with E-state index in [1.807, 2.05) is 24.4 Å². The van der Waals surface area contributed by atoms with E-state index in [2.05, 4.69) is 28.4 Å². The van der Waals surface area contributed by atoms with E-state index >= 15 is 0 Å². The molecule has 1 saturated carbocycles. The first-order chi connectivity index (χ1) is 16.7. The zero-order chi connectivity index (χ0) is 23.5. The second kappa shape index (κ2) is 10.0. The number of methoxy groups -OCH3 is 2. The van der Waals surface area contributed by atoms with Crippen molar-refractivity contribution in [2.45, 2.75) is 44.2 Å². The Bertz CT molecular complexity index is 1120. The van der Waals surface area contributed by atoms with Crippen molar-refractivity contribution in [2.75, 3.05) is 32.2 Å². The van der Waals surface area contributed by atoms with Crippen molar-refractivity contribution in [3.8, 4) is 22.8 Å². The van der Waals surface area contributed by atoms with Crippen LogP contribution in [0.2, 0.25) is 0 Å². The van der Waals surface area contributed by atoms with E-state index in [4.69, 9.17) is 14.5 Å². The molecular weight excluding hydrogens is 429 g/mol. The highest BCUT2D eigenvalue weighted by Gasteiger charge is 2.29. The van der Waals surface area contributed by atoms with Gasteiger partial charge in [-0.05, 0) is 98.8 Å². The fraction of sp³-hybridized carbons (Fsp3) is 0.393. The van der Waals surface area contributed by atoms with Crippen LogP contribution in [-0.4, -0.2) is 38.3 Å². The lowest BCUT2D eigenvalue weighted by molar-refractivity contribution is 0.352. The molecular formula is C28H32FN3O2. The molecule has 2 aliphatic rings. The summed E-state index contributed by atoms with van der Waals surface area (Å²) in [4.78, 5) is 7.10. The molecule has 5 nitrogen and oxygen atoms in total. The molecule has 3 aromatic rings. The summed E-state index contributed by atoms with van der Waals surface area (Å²) >= 11 is 0. The van der Waals surface area contributed by atoms with E-state index in [0.717, 1.165) is 60.9 Å². The SMILES string of the molecule is COc1cc(-c2cc(CN(c3ccc(F)cc3)C3CCNCC3)ccn2)cc(C2CC2)c1OC. The van der Waals surface area contributed by atoms with Crippen molar-refractivity contribution >= 4 is 5.69 Å².